The maximum Gasteiger partial charge on any atom is 0.259 e. The van der Waals surface area contributed by atoms with E-state index in [1.54, 1.807) is 0 Å². The average Bonchev–Trinajstić information content (AvgIpc) is 2.81. The van der Waals surface area contributed by atoms with E-state index in [1.165, 1.54) is 31.6 Å². The van der Waals surface area contributed by atoms with Crippen LogP contribution in [0.3, 0.4) is 0 Å². The number of amides is 1. The third-order valence-electron chi connectivity index (χ3n) is 2.16. The molecule has 6 heteroatoms. The molecule has 0 saturated heterocycles. The molecule has 0 unspecified atom stereocenters. The summed E-state index contributed by atoms with van der Waals surface area (Å²) in [5.74, 6) is -0.640. The van der Waals surface area contributed by atoms with Crippen LogP contribution in [0.1, 0.15) is 10.4 Å². The van der Waals surface area contributed by atoms with Gasteiger partial charge in [0.25, 0.3) is 5.91 Å². The minimum absolute atomic E-state index is 0.133. The summed E-state index contributed by atoms with van der Waals surface area (Å²) < 4.78 is 18.1. The first kappa shape index (κ1) is 11.1. The van der Waals surface area contributed by atoms with Crippen LogP contribution in [0.5, 0.6) is 5.75 Å². The number of methoxy groups -OCH3 is 1. The molecular weight excluding hydrogens is 225 g/mol. The molecule has 5 nitrogen and oxygen atoms in total. The zero-order chi connectivity index (χ0) is 12.3. The van der Waals surface area contributed by atoms with Gasteiger partial charge in [-0.3, -0.25) is 9.89 Å². The van der Waals surface area contributed by atoms with Gasteiger partial charge in [-0.1, -0.05) is 0 Å². The zero-order valence-electron chi connectivity index (χ0n) is 9.03. The second kappa shape index (κ2) is 4.65. The number of anilines is 1. The topological polar surface area (TPSA) is 67.0 Å². The molecule has 2 aromatic rings. The molecule has 0 atom stereocenters. The number of H-pyrrole nitrogens is 1. The molecule has 0 aliphatic rings. The molecule has 2 N–H and O–H groups in total. The van der Waals surface area contributed by atoms with Gasteiger partial charge in [-0.15, -0.1) is 0 Å². The summed E-state index contributed by atoms with van der Waals surface area (Å²) in [6.45, 7) is 0. The van der Waals surface area contributed by atoms with Crippen LogP contribution in [0, 0.1) is 5.82 Å². The molecule has 88 valence electrons. The predicted molar refractivity (Wildman–Crippen MR) is 59.5 cm³/mol. The highest BCUT2D eigenvalue weighted by molar-refractivity contribution is 6.06. The van der Waals surface area contributed by atoms with Gasteiger partial charge in [-0.25, -0.2) is 4.39 Å². The molecule has 0 aliphatic carbocycles. The number of halogens is 1. The fourth-order valence-corrected chi connectivity index (χ4v) is 1.38. The van der Waals surface area contributed by atoms with Crippen LogP contribution in [0.4, 0.5) is 10.1 Å². The summed E-state index contributed by atoms with van der Waals surface area (Å²) in [7, 11) is 1.42. The molecule has 1 aromatic heterocycles. The van der Waals surface area contributed by atoms with Gasteiger partial charge in [0.15, 0.2) is 0 Å². The van der Waals surface area contributed by atoms with E-state index >= 15 is 0 Å². The lowest BCUT2D eigenvalue weighted by molar-refractivity contribution is 0.102. The Hall–Kier alpha value is -2.37. The van der Waals surface area contributed by atoms with E-state index in [9.17, 15) is 9.18 Å². The quantitative estimate of drug-likeness (QED) is 0.852. The van der Waals surface area contributed by atoms with Gasteiger partial charge in [0.2, 0.25) is 0 Å². The standard InChI is InChI=1S/C11H10FN3O2/c1-17-10-3-2-7(12)4-9(10)11(16)15-8-5-13-14-6-8/h2-6H,1H3,(H,13,14)(H,15,16). The Balaban J connectivity index is 2.26. The van der Waals surface area contributed by atoms with Crippen molar-refractivity contribution in [3.8, 4) is 5.75 Å². The molecule has 0 saturated carbocycles. The maximum absolute atomic E-state index is 13.1. The normalized spacial score (nSPS) is 10.0. The number of ether oxygens (including phenoxy) is 1. The molecule has 0 radical (unpaired) electrons. The number of carbonyl (C=O) groups excluding carboxylic acids is 1. The monoisotopic (exact) mass is 235 g/mol. The van der Waals surface area contributed by atoms with E-state index < -0.39 is 11.7 Å². The first-order valence-electron chi connectivity index (χ1n) is 4.84. The van der Waals surface area contributed by atoms with Gasteiger partial charge >= 0.3 is 0 Å². The van der Waals surface area contributed by atoms with Crippen molar-refractivity contribution in [2.24, 2.45) is 0 Å². The molecule has 2 rings (SSSR count). The molecule has 1 heterocycles. The maximum atomic E-state index is 13.1. The first-order chi connectivity index (χ1) is 8.20. The van der Waals surface area contributed by atoms with Crippen LogP contribution in [0.15, 0.2) is 30.6 Å². The van der Waals surface area contributed by atoms with Gasteiger partial charge in [-0.05, 0) is 18.2 Å². The van der Waals surface area contributed by atoms with Crippen molar-refractivity contribution in [1.82, 2.24) is 10.2 Å². The van der Waals surface area contributed by atoms with E-state index in [2.05, 4.69) is 15.5 Å². The van der Waals surface area contributed by atoms with Crippen molar-refractivity contribution >= 4 is 11.6 Å². The summed E-state index contributed by atoms with van der Waals surface area (Å²) in [6, 6.07) is 3.75. The second-order valence-corrected chi connectivity index (χ2v) is 3.29. The Kier molecular flexibility index (Phi) is 3.04. The number of rotatable bonds is 3. The smallest absolute Gasteiger partial charge is 0.259 e. The third-order valence-corrected chi connectivity index (χ3v) is 2.16. The molecule has 0 aliphatic heterocycles. The average molecular weight is 235 g/mol. The molecule has 17 heavy (non-hydrogen) atoms. The molecular formula is C11H10FN3O2. The Bertz CT molecular complexity index is 526. The van der Waals surface area contributed by atoms with E-state index in [4.69, 9.17) is 4.74 Å². The van der Waals surface area contributed by atoms with Gasteiger partial charge in [0.1, 0.15) is 11.6 Å². The molecule has 1 amide bonds. The van der Waals surface area contributed by atoms with Gasteiger partial charge < -0.3 is 10.1 Å². The summed E-state index contributed by atoms with van der Waals surface area (Å²) in [6.07, 6.45) is 2.97. The third kappa shape index (κ3) is 2.41. The van der Waals surface area contributed by atoms with Crippen molar-refractivity contribution in [2.45, 2.75) is 0 Å². The Morgan fingerprint density at radius 2 is 2.35 bits per heavy atom. The first-order valence-corrected chi connectivity index (χ1v) is 4.84. The Morgan fingerprint density at radius 1 is 1.53 bits per heavy atom. The van der Waals surface area contributed by atoms with Gasteiger partial charge in [0.05, 0.1) is 24.6 Å². The number of hydrogen-bond acceptors (Lipinski definition) is 3. The highest BCUT2D eigenvalue weighted by atomic mass is 19.1. The van der Waals surface area contributed by atoms with E-state index in [0.717, 1.165) is 6.07 Å². The lowest BCUT2D eigenvalue weighted by Crippen LogP contribution is -2.13. The largest absolute Gasteiger partial charge is 0.496 e. The van der Waals surface area contributed by atoms with Crippen LogP contribution in [0.25, 0.3) is 0 Å². The van der Waals surface area contributed by atoms with Gasteiger partial charge in [0, 0.05) is 6.20 Å². The van der Waals surface area contributed by atoms with Crippen molar-refractivity contribution < 1.29 is 13.9 Å². The number of nitrogens with one attached hydrogen (secondary N) is 2. The molecule has 1 aromatic carbocycles. The molecule has 0 fully saturated rings. The summed E-state index contributed by atoms with van der Waals surface area (Å²) >= 11 is 0. The highest BCUT2D eigenvalue weighted by Gasteiger charge is 2.13. The number of benzene rings is 1. The minimum atomic E-state index is -0.497. The van der Waals surface area contributed by atoms with Crippen LogP contribution < -0.4 is 10.1 Å². The van der Waals surface area contributed by atoms with Crippen LogP contribution in [-0.4, -0.2) is 23.2 Å². The lowest BCUT2D eigenvalue weighted by Gasteiger charge is -2.07. The van der Waals surface area contributed by atoms with Crippen molar-refractivity contribution in [3.63, 3.8) is 0 Å². The number of aromatic amines is 1. The van der Waals surface area contributed by atoms with Gasteiger partial charge in [-0.2, -0.15) is 5.10 Å². The number of carbonyl (C=O) groups is 1. The number of aromatic nitrogens is 2. The summed E-state index contributed by atoms with van der Waals surface area (Å²) in [5.41, 5.74) is 0.634. The lowest BCUT2D eigenvalue weighted by atomic mass is 10.2. The molecule has 0 bridgehead atoms. The molecule has 0 spiro atoms. The fourth-order valence-electron chi connectivity index (χ4n) is 1.38. The summed E-state index contributed by atoms with van der Waals surface area (Å²) in [4.78, 5) is 11.8. The minimum Gasteiger partial charge on any atom is -0.496 e. The fraction of sp³-hybridized carbons (Fsp3) is 0.0909. The second-order valence-electron chi connectivity index (χ2n) is 3.29. The van der Waals surface area contributed by atoms with Crippen molar-refractivity contribution in [3.05, 3.63) is 42.0 Å². The van der Waals surface area contributed by atoms with Crippen LogP contribution in [0.2, 0.25) is 0 Å². The summed E-state index contributed by atoms with van der Waals surface area (Å²) in [5, 5.41) is 8.80. The Morgan fingerprint density at radius 3 is 3.00 bits per heavy atom. The van der Waals surface area contributed by atoms with E-state index in [1.807, 2.05) is 0 Å². The Labute approximate surface area is 96.6 Å². The van der Waals surface area contributed by atoms with Crippen LogP contribution in [-0.2, 0) is 0 Å². The number of hydrogen-bond donors (Lipinski definition) is 2. The van der Waals surface area contributed by atoms with Crippen LogP contribution >= 0.6 is 0 Å². The van der Waals surface area contributed by atoms with E-state index in [-0.39, 0.29) is 5.56 Å². The number of nitrogens with zero attached hydrogens (tertiary/aromatic N) is 1. The SMILES string of the molecule is COc1ccc(F)cc1C(=O)Nc1cn[nH]c1. The highest BCUT2D eigenvalue weighted by Crippen LogP contribution is 2.20. The van der Waals surface area contributed by atoms with Crippen molar-refractivity contribution in [2.75, 3.05) is 12.4 Å². The van der Waals surface area contributed by atoms with E-state index in [0.29, 0.717) is 11.4 Å². The van der Waals surface area contributed by atoms with Crippen molar-refractivity contribution in [1.29, 1.82) is 0 Å². The predicted octanol–water partition coefficient (Wildman–Crippen LogP) is 1.81. The zero-order valence-corrected chi connectivity index (χ0v) is 9.03.